The molecule has 0 aromatic heterocycles. The Balaban J connectivity index is 0. The van der Waals surface area contributed by atoms with E-state index >= 15 is 0 Å². The summed E-state index contributed by atoms with van der Waals surface area (Å²) in [5, 5.41) is 12.7. The van der Waals surface area contributed by atoms with E-state index in [9.17, 15) is 0 Å². The van der Waals surface area contributed by atoms with Gasteiger partial charge in [-0.2, -0.15) is 0 Å². The van der Waals surface area contributed by atoms with Gasteiger partial charge in [-0.25, -0.2) is 0 Å². The van der Waals surface area contributed by atoms with E-state index in [2.05, 4.69) is 21.3 Å². The molecule has 0 atom stereocenters. The molecule has 8 heteroatoms. The highest BCUT2D eigenvalue weighted by atomic mass is 15.0. The van der Waals surface area contributed by atoms with Crippen LogP contribution in [0.3, 0.4) is 0 Å². The molecule has 0 aliphatic carbocycles. The van der Waals surface area contributed by atoms with E-state index in [4.69, 9.17) is 22.9 Å². The molecule has 0 spiro atoms. The van der Waals surface area contributed by atoms with Gasteiger partial charge in [-0.15, -0.1) is 0 Å². The minimum Gasteiger partial charge on any atom is -0.329 e. The van der Waals surface area contributed by atoms with Crippen molar-refractivity contribution < 1.29 is 0 Å². The fraction of sp³-hybridized carbons (Fsp3) is 1.00. The summed E-state index contributed by atoms with van der Waals surface area (Å²) in [4.78, 5) is 0. The molecule has 0 rings (SSSR count). The van der Waals surface area contributed by atoms with Gasteiger partial charge in [0.05, 0.1) is 0 Å². The Morgan fingerprint density at radius 2 is 0.550 bits per heavy atom. The summed E-state index contributed by atoms with van der Waals surface area (Å²) in [6.07, 6.45) is 0. The fourth-order valence-electron chi connectivity index (χ4n) is 1.26. The molecule has 20 heavy (non-hydrogen) atoms. The summed E-state index contributed by atoms with van der Waals surface area (Å²) >= 11 is 0. The average Bonchev–Trinajstić information content (AvgIpc) is 2.47. The Morgan fingerprint density at radius 1 is 0.350 bits per heavy atom. The number of hydrogen-bond acceptors (Lipinski definition) is 8. The monoisotopic (exact) mass is 292 g/mol. The van der Waals surface area contributed by atoms with Gasteiger partial charge < -0.3 is 44.2 Å². The minimum atomic E-state index is 0.705. The lowest BCUT2D eigenvalue weighted by Crippen LogP contribution is -2.32. The van der Waals surface area contributed by atoms with Crippen LogP contribution in [0.2, 0.25) is 0 Å². The Labute approximate surface area is 123 Å². The lowest BCUT2D eigenvalue weighted by atomic mass is 10.5. The van der Waals surface area contributed by atoms with Gasteiger partial charge in [0.15, 0.2) is 0 Å². The van der Waals surface area contributed by atoms with Gasteiger partial charge in [-0.1, -0.05) is 0 Å². The highest BCUT2D eigenvalue weighted by Gasteiger charge is 1.84. The van der Waals surface area contributed by atoms with Crippen LogP contribution in [0.1, 0.15) is 0 Å². The van der Waals surface area contributed by atoms with Crippen LogP contribution in [0, 0.1) is 0 Å². The van der Waals surface area contributed by atoms with Gasteiger partial charge in [-0.3, -0.25) is 0 Å². The molecular formula is C12H36N8. The lowest BCUT2D eigenvalue weighted by molar-refractivity contribution is 0.618. The zero-order valence-electron chi connectivity index (χ0n) is 12.8. The Bertz CT molecular complexity index is 115. The molecule has 0 bridgehead atoms. The quantitative estimate of drug-likeness (QED) is 0.152. The van der Waals surface area contributed by atoms with E-state index in [1.807, 2.05) is 0 Å². The summed E-state index contributed by atoms with van der Waals surface area (Å²) in [5.74, 6) is 0. The highest BCUT2D eigenvalue weighted by molar-refractivity contribution is 4.52. The standard InChI is InChI=1S/2C6H18N4/c2*7-1-3-9-5-6-10-4-2-8/h2*9-10H,1-8H2. The number of hydrogen-bond donors (Lipinski definition) is 8. The zero-order valence-corrected chi connectivity index (χ0v) is 12.8. The van der Waals surface area contributed by atoms with Crippen molar-refractivity contribution in [3.63, 3.8) is 0 Å². The van der Waals surface area contributed by atoms with Crippen LogP contribution in [-0.2, 0) is 0 Å². The van der Waals surface area contributed by atoms with Crippen molar-refractivity contribution in [2.24, 2.45) is 22.9 Å². The van der Waals surface area contributed by atoms with Crippen molar-refractivity contribution in [1.29, 1.82) is 0 Å². The normalized spacial score (nSPS) is 10.2. The molecule has 0 aliphatic heterocycles. The summed E-state index contributed by atoms with van der Waals surface area (Å²) in [7, 11) is 0. The predicted octanol–water partition coefficient (Wildman–Crippen LogP) is -3.83. The van der Waals surface area contributed by atoms with Gasteiger partial charge in [-0.05, 0) is 0 Å². The molecule has 0 unspecified atom stereocenters. The molecule has 0 amide bonds. The van der Waals surface area contributed by atoms with Crippen LogP contribution in [0.25, 0.3) is 0 Å². The van der Waals surface area contributed by atoms with E-state index in [0.717, 1.165) is 52.4 Å². The molecular weight excluding hydrogens is 256 g/mol. The second-order valence-corrected chi connectivity index (χ2v) is 4.15. The van der Waals surface area contributed by atoms with E-state index in [1.165, 1.54) is 0 Å². The maximum Gasteiger partial charge on any atom is 0.00772 e. The topological polar surface area (TPSA) is 152 Å². The molecule has 0 aromatic rings. The van der Waals surface area contributed by atoms with E-state index in [-0.39, 0.29) is 0 Å². The molecule has 12 N–H and O–H groups in total. The van der Waals surface area contributed by atoms with Crippen molar-refractivity contribution in [2.45, 2.75) is 0 Å². The highest BCUT2D eigenvalue weighted by Crippen LogP contribution is 1.58. The van der Waals surface area contributed by atoms with Crippen LogP contribution in [-0.4, -0.2) is 78.5 Å². The summed E-state index contributed by atoms with van der Waals surface area (Å²) < 4.78 is 0. The zero-order chi connectivity index (χ0) is 15.3. The fourth-order valence-corrected chi connectivity index (χ4v) is 1.26. The minimum absolute atomic E-state index is 0.705. The Morgan fingerprint density at radius 3 is 0.700 bits per heavy atom. The number of rotatable bonds is 14. The first-order chi connectivity index (χ1) is 9.83. The van der Waals surface area contributed by atoms with Crippen LogP contribution >= 0.6 is 0 Å². The molecule has 8 nitrogen and oxygen atoms in total. The second kappa shape index (κ2) is 23.7. The van der Waals surface area contributed by atoms with Crippen molar-refractivity contribution >= 4 is 0 Å². The largest absolute Gasteiger partial charge is 0.329 e. The van der Waals surface area contributed by atoms with Crippen molar-refractivity contribution in [1.82, 2.24) is 21.3 Å². The van der Waals surface area contributed by atoms with E-state index < -0.39 is 0 Å². The molecule has 0 saturated carbocycles. The third kappa shape index (κ3) is 26.3. The third-order valence-corrected chi connectivity index (χ3v) is 2.24. The van der Waals surface area contributed by atoms with Crippen LogP contribution in [0.4, 0.5) is 0 Å². The first kappa shape index (κ1) is 22.0. The van der Waals surface area contributed by atoms with Gasteiger partial charge in [0.1, 0.15) is 0 Å². The maximum atomic E-state index is 5.27. The molecule has 0 saturated heterocycles. The first-order valence-corrected chi connectivity index (χ1v) is 7.46. The van der Waals surface area contributed by atoms with E-state index in [1.54, 1.807) is 0 Å². The molecule has 124 valence electrons. The smallest absolute Gasteiger partial charge is 0.00772 e. The SMILES string of the molecule is NCCNCCNCCN.NCCNCCNCCN. The van der Waals surface area contributed by atoms with Crippen molar-refractivity contribution in [3.8, 4) is 0 Å². The predicted molar refractivity (Wildman–Crippen MR) is 87.7 cm³/mol. The Kier molecular flexibility index (Phi) is 26.1. The molecule has 0 fully saturated rings. The molecule has 0 heterocycles. The molecule has 0 aromatic carbocycles. The third-order valence-electron chi connectivity index (χ3n) is 2.24. The lowest BCUT2D eigenvalue weighted by Gasteiger charge is -2.03. The van der Waals surface area contributed by atoms with Gasteiger partial charge >= 0.3 is 0 Å². The summed E-state index contributed by atoms with van der Waals surface area (Å²) in [6.45, 7) is 10.3. The summed E-state index contributed by atoms with van der Waals surface area (Å²) in [5.41, 5.74) is 21.1. The summed E-state index contributed by atoms with van der Waals surface area (Å²) in [6, 6.07) is 0. The number of nitrogens with two attached hydrogens (primary N) is 4. The first-order valence-electron chi connectivity index (χ1n) is 7.46. The van der Waals surface area contributed by atoms with Crippen molar-refractivity contribution in [3.05, 3.63) is 0 Å². The Hall–Kier alpha value is -0.320. The van der Waals surface area contributed by atoms with Gasteiger partial charge in [0, 0.05) is 78.5 Å². The van der Waals surface area contributed by atoms with E-state index in [0.29, 0.717) is 26.2 Å². The molecule has 0 aliphatic rings. The number of nitrogens with one attached hydrogen (secondary N) is 4. The van der Waals surface area contributed by atoms with Gasteiger partial charge in [0.25, 0.3) is 0 Å². The van der Waals surface area contributed by atoms with Gasteiger partial charge in [0.2, 0.25) is 0 Å². The second-order valence-electron chi connectivity index (χ2n) is 4.15. The molecule has 0 radical (unpaired) electrons. The van der Waals surface area contributed by atoms with Crippen molar-refractivity contribution in [2.75, 3.05) is 78.5 Å². The van der Waals surface area contributed by atoms with Crippen LogP contribution in [0.15, 0.2) is 0 Å². The average molecular weight is 292 g/mol. The van der Waals surface area contributed by atoms with Crippen LogP contribution < -0.4 is 44.2 Å². The van der Waals surface area contributed by atoms with Crippen LogP contribution in [0.5, 0.6) is 0 Å². The maximum absolute atomic E-state index is 5.27.